The third-order valence-electron chi connectivity index (χ3n) is 3.61. The van der Waals surface area contributed by atoms with Crippen LogP contribution in [-0.4, -0.2) is 42.3 Å². The fraction of sp³-hybridized carbons (Fsp3) is 0.647. The highest BCUT2D eigenvalue weighted by Crippen LogP contribution is 2.32. The molecule has 6 heteroatoms. The number of ether oxygens (including phenoxy) is 2. The molecule has 128 valence electrons. The molecule has 0 aliphatic carbocycles. The predicted octanol–water partition coefficient (Wildman–Crippen LogP) is 4.04. The van der Waals surface area contributed by atoms with E-state index in [0.29, 0.717) is 18.7 Å². The molecule has 0 saturated carbocycles. The van der Waals surface area contributed by atoms with E-state index in [4.69, 9.17) is 9.47 Å². The second-order valence-electron chi connectivity index (χ2n) is 6.72. The monoisotopic (exact) mass is 339 g/mol. The summed E-state index contributed by atoms with van der Waals surface area (Å²) in [6.07, 6.45) is 1.70. The third-order valence-corrected chi connectivity index (χ3v) is 4.70. The Morgan fingerprint density at radius 2 is 2.13 bits per heavy atom. The molecule has 5 nitrogen and oxygen atoms in total. The van der Waals surface area contributed by atoms with Crippen LogP contribution in [0.25, 0.3) is 0 Å². The van der Waals surface area contributed by atoms with Crippen LogP contribution in [0, 0.1) is 0 Å². The van der Waals surface area contributed by atoms with E-state index in [1.54, 1.807) is 23.2 Å². The van der Waals surface area contributed by atoms with Crippen molar-refractivity contribution >= 4 is 23.4 Å². The second kappa shape index (κ2) is 7.34. The zero-order valence-corrected chi connectivity index (χ0v) is 15.1. The lowest BCUT2D eigenvalue weighted by Crippen LogP contribution is -2.42. The summed E-state index contributed by atoms with van der Waals surface area (Å²) in [5, 5.41) is 1.83. The molecular weight excluding hydrogens is 314 g/mol. The van der Waals surface area contributed by atoms with Crippen molar-refractivity contribution in [1.29, 1.82) is 0 Å². The van der Waals surface area contributed by atoms with Gasteiger partial charge in [-0.1, -0.05) is 0 Å². The van der Waals surface area contributed by atoms with Crippen molar-refractivity contribution in [2.45, 2.75) is 52.1 Å². The summed E-state index contributed by atoms with van der Waals surface area (Å²) in [5.41, 5.74) is 0.116. The first kappa shape index (κ1) is 17.8. The van der Waals surface area contributed by atoms with Gasteiger partial charge in [0, 0.05) is 29.3 Å². The fourth-order valence-electron chi connectivity index (χ4n) is 2.59. The Hall–Kier alpha value is -1.56. The van der Waals surface area contributed by atoms with Crippen molar-refractivity contribution in [3.05, 3.63) is 21.9 Å². The van der Waals surface area contributed by atoms with Crippen LogP contribution in [0.1, 0.15) is 61.7 Å². The fourth-order valence-corrected chi connectivity index (χ4v) is 3.60. The SMILES string of the molecule is CCOC(=O)c1csc(C2CCCN(C(=O)OC(C)(C)C)C2)c1. The molecule has 1 atom stereocenters. The minimum absolute atomic E-state index is 0.254. The summed E-state index contributed by atoms with van der Waals surface area (Å²) in [6, 6.07) is 1.89. The van der Waals surface area contributed by atoms with E-state index >= 15 is 0 Å². The first-order valence-corrected chi connectivity index (χ1v) is 8.91. The van der Waals surface area contributed by atoms with E-state index in [0.717, 1.165) is 24.3 Å². The zero-order valence-electron chi connectivity index (χ0n) is 14.3. The lowest BCUT2D eigenvalue weighted by Gasteiger charge is -2.33. The van der Waals surface area contributed by atoms with Crippen LogP contribution >= 0.6 is 11.3 Å². The van der Waals surface area contributed by atoms with Gasteiger partial charge in [-0.3, -0.25) is 0 Å². The number of carbonyl (C=O) groups excluding carboxylic acids is 2. The molecule has 1 amide bonds. The molecule has 2 rings (SSSR count). The van der Waals surface area contributed by atoms with Crippen LogP contribution in [0.3, 0.4) is 0 Å². The summed E-state index contributed by atoms with van der Waals surface area (Å²) < 4.78 is 10.5. The smallest absolute Gasteiger partial charge is 0.410 e. The number of thiophene rings is 1. The molecule has 2 heterocycles. The number of nitrogens with zero attached hydrogens (tertiary/aromatic N) is 1. The first-order valence-electron chi connectivity index (χ1n) is 8.03. The van der Waals surface area contributed by atoms with Crippen LogP contribution in [0.5, 0.6) is 0 Å². The number of rotatable bonds is 3. The van der Waals surface area contributed by atoms with E-state index in [9.17, 15) is 9.59 Å². The number of likely N-dealkylation sites (tertiary alicyclic amines) is 1. The maximum Gasteiger partial charge on any atom is 0.410 e. The van der Waals surface area contributed by atoms with E-state index in [2.05, 4.69) is 0 Å². The maximum atomic E-state index is 12.2. The molecular formula is C17H25NO4S. The van der Waals surface area contributed by atoms with Crippen molar-refractivity contribution in [2.75, 3.05) is 19.7 Å². The van der Waals surface area contributed by atoms with Gasteiger partial charge in [0.2, 0.25) is 0 Å². The highest BCUT2D eigenvalue weighted by atomic mass is 32.1. The largest absolute Gasteiger partial charge is 0.462 e. The van der Waals surface area contributed by atoms with Gasteiger partial charge >= 0.3 is 12.1 Å². The summed E-state index contributed by atoms with van der Waals surface area (Å²) in [4.78, 5) is 26.9. The van der Waals surface area contributed by atoms with Gasteiger partial charge in [-0.15, -0.1) is 11.3 Å². The number of carbonyl (C=O) groups is 2. The molecule has 1 aromatic rings. The Labute approximate surface area is 141 Å². The molecule has 1 aromatic heterocycles. The number of amides is 1. The predicted molar refractivity (Wildman–Crippen MR) is 90.1 cm³/mol. The number of hydrogen-bond donors (Lipinski definition) is 0. The molecule has 1 aliphatic rings. The third kappa shape index (κ3) is 4.96. The normalized spacial score (nSPS) is 18.6. The molecule has 0 aromatic carbocycles. The average Bonchev–Trinajstić information content (AvgIpc) is 2.96. The van der Waals surface area contributed by atoms with Crippen molar-refractivity contribution < 1.29 is 19.1 Å². The molecule has 0 radical (unpaired) electrons. The van der Waals surface area contributed by atoms with Gasteiger partial charge in [-0.05, 0) is 46.6 Å². The molecule has 1 unspecified atom stereocenters. The molecule has 23 heavy (non-hydrogen) atoms. The van der Waals surface area contributed by atoms with Gasteiger partial charge in [-0.2, -0.15) is 0 Å². The molecule has 1 saturated heterocycles. The highest BCUT2D eigenvalue weighted by Gasteiger charge is 2.29. The quantitative estimate of drug-likeness (QED) is 0.780. The minimum Gasteiger partial charge on any atom is -0.462 e. The Balaban J connectivity index is 2.01. The van der Waals surface area contributed by atoms with Crippen LogP contribution in [0.2, 0.25) is 0 Å². The van der Waals surface area contributed by atoms with Crippen molar-refractivity contribution in [3.8, 4) is 0 Å². The van der Waals surface area contributed by atoms with E-state index in [-0.39, 0.29) is 18.0 Å². The second-order valence-corrected chi connectivity index (χ2v) is 7.67. The van der Waals surface area contributed by atoms with Crippen LogP contribution in [-0.2, 0) is 9.47 Å². The Bertz CT molecular complexity index is 561. The Morgan fingerprint density at radius 1 is 1.39 bits per heavy atom. The minimum atomic E-state index is -0.482. The Morgan fingerprint density at radius 3 is 2.78 bits per heavy atom. The zero-order chi connectivity index (χ0) is 17.0. The standard InChI is InChI=1S/C17H25NO4S/c1-5-21-15(19)13-9-14(23-11-13)12-7-6-8-18(10-12)16(20)22-17(2,3)4/h9,11-12H,5-8,10H2,1-4H3. The van der Waals surface area contributed by atoms with Gasteiger partial charge < -0.3 is 14.4 Å². The summed E-state index contributed by atoms with van der Waals surface area (Å²) in [7, 11) is 0. The maximum absolute atomic E-state index is 12.2. The van der Waals surface area contributed by atoms with Gasteiger partial charge in [0.15, 0.2) is 0 Å². The lowest BCUT2D eigenvalue weighted by atomic mass is 9.96. The summed E-state index contributed by atoms with van der Waals surface area (Å²) in [6.45, 7) is 9.15. The number of hydrogen-bond acceptors (Lipinski definition) is 5. The van der Waals surface area contributed by atoms with Crippen molar-refractivity contribution in [3.63, 3.8) is 0 Å². The topological polar surface area (TPSA) is 55.8 Å². The molecule has 1 fully saturated rings. The van der Waals surface area contributed by atoms with E-state index in [1.165, 1.54) is 0 Å². The van der Waals surface area contributed by atoms with Crippen LogP contribution < -0.4 is 0 Å². The summed E-state index contributed by atoms with van der Waals surface area (Å²) >= 11 is 1.56. The molecule has 0 N–H and O–H groups in total. The lowest BCUT2D eigenvalue weighted by molar-refractivity contribution is 0.0199. The van der Waals surface area contributed by atoms with Gasteiger partial charge in [0.05, 0.1) is 12.2 Å². The summed E-state index contributed by atoms with van der Waals surface area (Å²) in [5.74, 6) is -0.0285. The number of esters is 1. The Kier molecular flexibility index (Phi) is 5.68. The molecule has 0 bridgehead atoms. The number of piperidine rings is 1. The highest BCUT2D eigenvalue weighted by molar-refractivity contribution is 7.10. The van der Waals surface area contributed by atoms with Crippen LogP contribution in [0.4, 0.5) is 4.79 Å². The van der Waals surface area contributed by atoms with Gasteiger partial charge in [0.1, 0.15) is 5.60 Å². The van der Waals surface area contributed by atoms with Gasteiger partial charge in [0.25, 0.3) is 0 Å². The van der Waals surface area contributed by atoms with E-state index in [1.807, 2.05) is 32.2 Å². The van der Waals surface area contributed by atoms with Crippen molar-refractivity contribution in [2.24, 2.45) is 0 Å². The molecule has 1 aliphatic heterocycles. The van der Waals surface area contributed by atoms with E-state index < -0.39 is 5.60 Å². The first-order chi connectivity index (χ1) is 10.8. The van der Waals surface area contributed by atoms with Gasteiger partial charge in [-0.25, -0.2) is 9.59 Å². The molecule has 0 spiro atoms. The van der Waals surface area contributed by atoms with Crippen LogP contribution in [0.15, 0.2) is 11.4 Å². The average molecular weight is 339 g/mol. The van der Waals surface area contributed by atoms with Crippen molar-refractivity contribution in [1.82, 2.24) is 4.90 Å².